The highest BCUT2D eigenvalue weighted by Gasteiger charge is 2.29. The summed E-state index contributed by atoms with van der Waals surface area (Å²) < 4.78 is 0. The van der Waals surface area contributed by atoms with Crippen molar-refractivity contribution >= 4 is 17.3 Å². The molecule has 1 aromatic heterocycles. The molecule has 1 atom stereocenters. The Morgan fingerprint density at radius 2 is 1.95 bits per heavy atom. The third-order valence-electron chi connectivity index (χ3n) is 4.28. The van der Waals surface area contributed by atoms with Gasteiger partial charge in [-0.1, -0.05) is 12.1 Å². The molecule has 2 heterocycles. The van der Waals surface area contributed by atoms with Crippen molar-refractivity contribution < 1.29 is 4.79 Å². The molecule has 3 rings (SSSR count). The average Bonchev–Trinajstić information content (AvgIpc) is 2.86. The van der Waals surface area contributed by atoms with Crippen LogP contribution >= 0.6 is 0 Å². The number of H-pyrrole nitrogens is 1. The Bertz CT molecular complexity index is 662. The number of anilines is 2. The number of hydrogen-bond donors (Lipinski definition) is 1. The third-order valence-corrected chi connectivity index (χ3v) is 4.28. The van der Waals surface area contributed by atoms with Gasteiger partial charge in [-0.3, -0.25) is 4.79 Å². The first-order valence-corrected chi connectivity index (χ1v) is 7.37. The molecule has 1 unspecified atom stereocenters. The number of fused-ring (bicyclic) bond motifs is 1. The third kappa shape index (κ3) is 2.31. The van der Waals surface area contributed by atoms with Gasteiger partial charge in [-0.05, 0) is 38.5 Å². The molecule has 0 saturated carbocycles. The van der Waals surface area contributed by atoms with E-state index in [-0.39, 0.29) is 11.9 Å². The molecule has 21 heavy (non-hydrogen) atoms. The summed E-state index contributed by atoms with van der Waals surface area (Å²) in [6, 6.07) is 10.2. The van der Waals surface area contributed by atoms with Crippen molar-refractivity contribution in [3.8, 4) is 0 Å². The molecular formula is C17H21N3O. The number of benzene rings is 1. The molecule has 1 amide bonds. The molecule has 0 radical (unpaired) electrons. The van der Waals surface area contributed by atoms with E-state index < -0.39 is 0 Å². The van der Waals surface area contributed by atoms with Crippen LogP contribution in [0.25, 0.3) is 0 Å². The number of hydrogen-bond acceptors (Lipinski definition) is 2. The fraction of sp³-hybridized carbons (Fsp3) is 0.353. The van der Waals surface area contributed by atoms with Crippen molar-refractivity contribution in [1.29, 1.82) is 0 Å². The maximum absolute atomic E-state index is 13.0. The van der Waals surface area contributed by atoms with Gasteiger partial charge in [-0.2, -0.15) is 0 Å². The predicted octanol–water partition coefficient (Wildman–Crippen LogP) is 3.20. The number of rotatable bonds is 1. The zero-order valence-electron chi connectivity index (χ0n) is 12.8. The van der Waals surface area contributed by atoms with Crippen LogP contribution in [0.4, 0.5) is 11.4 Å². The summed E-state index contributed by atoms with van der Waals surface area (Å²) in [6.07, 6.45) is 2.78. The lowest BCUT2D eigenvalue weighted by atomic mass is 10.1. The van der Waals surface area contributed by atoms with E-state index in [9.17, 15) is 4.79 Å². The van der Waals surface area contributed by atoms with E-state index in [1.165, 1.54) is 0 Å². The lowest BCUT2D eigenvalue weighted by molar-refractivity contribution is 0.0978. The average molecular weight is 283 g/mol. The van der Waals surface area contributed by atoms with E-state index >= 15 is 0 Å². The summed E-state index contributed by atoms with van der Waals surface area (Å²) in [7, 11) is 2.08. The van der Waals surface area contributed by atoms with Gasteiger partial charge in [-0.25, -0.2) is 0 Å². The molecule has 110 valence electrons. The highest BCUT2D eigenvalue weighted by atomic mass is 16.2. The quantitative estimate of drug-likeness (QED) is 0.873. The summed E-state index contributed by atoms with van der Waals surface area (Å²) in [4.78, 5) is 20.3. The van der Waals surface area contributed by atoms with E-state index in [0.717, 1.165) is 35.6 Å². The number of nitrogens with zero attached hydrogens (tertiary/aromatic N) is 2. The Kier molecular flexibility index (Phi) is 3.45. The minimum Gasteiger partial charge on any atom is -0.373 e. The van der Waals surface area contributed by atoms with Gasteiger partial charge >= 0.3 is 0 Å². The van der Waals surface area contributed by atoms with Crippen LogP contribution in [-0.2, 0) is 0 Å². The smallest absolute Gasteiger partial charge is 0.260 e. The summed E-state index contributed by atoms with van der Waals surface area (Å²) >= 11 is 0. The molecule has 0 saturated heterocycles. The largest absolute Gasteiger partial charge is 0.373 e. The van der Waals surface area contributed by atoms with Gasteiger partial charge in [0.25, 0.3) is 5.91 Å². The normalized spacial score (nSPS) is 18.3. The van der Waals surface area contributed by atoms with Gasteiger partial charge in [0.1, 0.15) is 0 Å². The lowest BCUT2D eigenvalue weighted by Crippen LogP contribution is -2.38. The van der Waals surface area contributed by atoms with Crippen molar-refractivity contribution in [1.82, 2.24) is 4.98 Å². The van der Waals surface area contributed by atoms with Gasteiger partial charge < -0.3 is 14.8 Å². The minimum atomic E-state index is 0.0731. The monoisotopic (exact) mass is 283 g/mol. The van der Waals surface area contributed by atoms with Crippen LogP contribution in [0, 0.1) is 6.92 Å². The highest BCUT2D eigenvalue weighted by molar-refractivity contribution is 6.09. The van der Waals surface area contributed by atoms with Crippen molar-refractivity contribution in [2.75, 3.05) is 23.4 Å². The van der Waals surface area contributed by atoms with Crippen LogP contribution in [0.5, 0.6) is 0 Å². The van der Waals surface area contributed by atoms with Crippen LogP contribution in [0.3, 0.4) is 0 Å². The minimum absolute atomic E-state index is 0.0731. The van der Waals surface area contributed by atoms with E-state index in [1.54, 1.807) is 0 Å². The predicted molar refractivity (Wildman–Crippen MR) is 86.1 cm³/mol. The first-order valence-electron chi connectivity index (χ1n) is 7.37. The van der Waals surface area contributed by atoms with Crippen LogP contribution in [0.2, 0.25) is 0 Å². The van der Waals surface area contributed by atoms with Crippen LogP contribution in [-0.4, -0.2) is 30.5 Å². The lowest BCUT2D eigenvalue weighted by Gasteiger charge is -2.28. The van der Waals surface area contributed by atoms with Crippen LogP contribution < -0.4 is 9.80 Å². The maximum Gasteiger partial charge on any atom is 0.260 e. The summed E-state index contributed by atoms with van der Waals surface area (Å²) in [6.45, 7) is 5.01. The molecule has 0 aliphatic carbocycles. The summed E-state index contributed by atoms with van der Waals surface area (Å²) in [5.41, 5.74) is 3.78. The first kappa shape index (κ1) is 13.7. The molecule has 0 bridgehead atoms. The number of nitrogens with one attached hydrogen (secondary N) is 1. The first-order chi connectivity index (χ1) is 10.1. The number of amides is 1. The van der Waals surface area contributed by atoms with Gasteiger partial charge in [0.2, 0.25) is 0 Å². The number of aryl methyl sites for hydroxylation is 1. The fourth-order valence-corrected chi connectivity index (χ4v) is 2.98. The maximum atomic E-state index is 13.0. The number of carbonyl (C=O) groups is 1. The molecule has 0 spiro atoms. The SMILES string of the molecule is Cc1[nH]ccc1C(=O)N1c2ccccc2N(C)CCC1C. The molecule has 1 aliphatic heterocycles. The molecule has 1 N–H and O–H groups in total. The van der Waals surface area contributed by atoms with Gasteiger partial charge in [0.05, 0.1) is 16.9 Å². The Labute approximate surface area is 125 Å². The second kappa shape index (κ2) is 5.28. The molecule has 0 fully saturated rings. The standard InChI is InChI=1S/C17H21N3O/c1-12-9-11-19(3)15-6-4-5-7-16(15)20(12)17(21)14-8-10-18-13(14)2/h4-8,10,12,18H,9,11H2,1-3H3. The van der Waals surface area contributed by atoms with Gasteiger partial charge in [0.15, 0.2) is 0 Å². The second-order valence-corrected chi connectivity index (χ2v) is 5.74. The number of aromatic amines is 1. The Morgan fingerprint density at radius 1 is 1.24 bits per heavy atom. The van der Waals surface area contributed by atoms with E-state index in [0.29, 0.717) is 0 Å². The van der Waals surface area contributed by atoms with Crippen LogP contribution in [0.1, 0.15) is 29.4 Å². The molecule has 2 aromatic rings. The summed E-state index contributed by atoms with van der Waals surface area (Å²) in [5.74, 6) is 0.0731. The second-order valence-electron chi connectivity index (χ2n) is 5.74. The van der Waals surface area contributed by atoms with Gasteiger partial charge in [0, 0.05) is 31.5 Å². The number of aromatic nitrogens is 1. The Balaban J connectivity index is 2.09. The molecule has 1 aliphatic rings. The van der Waals surface area contributed by atoms with Crippen molar-refractivity contribution in [3.63, 3.8) is 0 Å². The van der Waals surface area contributed by atoms with Crippen molar-refractivity contribution in [2.45, 2.75) is 26.3 Å². The zero-order chi connectivity index (χ0) is 15.0. The van der Waals surface area contributed by atoms with E-state index in [4.69, 9.17) is 0 Å². The van der Waals surface area contributed by atoms with Crippen molar-refractivity contribution in [2.24, 2.45) is 0 Å². The highest BCUT2D eigenvalue weighted by Crippen LogP contribution is 2.34. The number of para-hydroxylation sites is 2. The topological polar surface area (TPSA) is 39.3 Å². The Hall–Kier alpha value is -2.23. The fourth-order valence-electron chi connectivity index (χ4n) is 2.98. The molecule has 1 aromatic carbocycles. The van der Waals surface area contributed by atoms with E-state index in [2.05, 4.69) is 29.9 Å². The zero-order valence-corrected chi connectivity index (χ0v) is 12.8. The molecule has 4 nitrogen and oxygen atoms in total. The van der Waals surface area contributed by atoms with Gasteiger partial charge in [-0.15, -0.1) is 0 Å². The number of carbonyl (C=O) groups excluding carboxylic acids is 1. The van der Waals surface area contributed by atoms with Crippen molar-refractivity contribution in [3.05, 3.63) is 47.8 Å². The summed E-state index contributed by atoms with van der Waals surface area (Å²) in [5, 5.41) is 0. The van der Waals surface area contributed by atoms with E-state index in [1.807, 2.05) is 42.3 Å². The molecule has 4 heteroatoms. The molecular weight excluding hydrogens is 262 g/mol. The van der Waals surface area contributed by atoms with Crippen LogP contribution in [0.15, 0.2) is 36.5 Å². The Morgan fingerprint density at radius 3 is 2.62 bits per heavy atom.